The number of aromatic carboxylic acids is 1. The van der Waals surface area contributed by atoms with E-state index in [9.17, 15) is 9.59 Å². The van der Waals surface area contributed by atoms with Gasteiger partial charge in [-0.2, -0.15) is 0 Å². The average molecular weight is 308 g/mol. The van der Waals surface area contributed by atoms with Crippen LogP contribution in [0.3, 0.4) is 0 Å². The summed E-state index contributed by atoms with van der Waals surface area (Å²) in [6, 6.07) is 3.43. The molecule has 1 N–H and O–H groups in total. The Balaban J connectivity index is 1.99. The average Bonchev–Trinajstić information content (AvgIpc) is 2.52. The van der Waals surface area contributed by atoms with Gasteiger partial charge in [0.2, 0.25) is 5.91 Å². The first-order chi connectivity index (χ1) is 10.1. The zero-order valence-corrected chi connectivity index (χ0v) is 12.9. The summed E-state index contributed by atoms with van der Waals surface area (Å²) in [6.07, 6.45) is 5.82. The molecular formula is C15H20N2O3S. The van der Waals surface area contributed by atoms with Crippen molar-refractivity contribution in [2.24, 2.45) is 0 Å². The van der Waals surface area contributed by atoms with E-state index in [1.54, 1.807) is 12.3 Å². The second-order valence-corrected chi connectivity index (χ2v) is 6.06. The van der Waals surface area contributed by atoms with Crippen molar-refractivity contribution >= 4 is 23.6 Å². The van der Waals surface area contributed by atoms with Crippen LogP contribution in [0, 0.1) is 0 Å². The molecule has 1 aliphatic rings. The van der Waals surface area contributed by atoms with Crippen molar-refractivity contribution in [2.75, 3.05) is 12.3 Å². The van der Waals surface area contributed by atoms with Gasteiger partial charge in [0, 0.05) is 18.8 Å². The number of hydrogen-bond donors (Lipinski definition) is 1. The topological polar surface area (TPSA) is 70.5 Å². The number of nitrogens with zero attached hydrogens (tertiary/aromatic N) is 2. The second-order valence-electron chi connectivity index (χ2n) is 5.09. The molecule has 1 amide bonds. The van der Waals surface area contributed by atoms with Crippen LogP contribution in [0.5, 0.6) is 0 Å². The van der Waals surface area contributed by atoms with Gasteiger partial charge in [-0.25, -0.2) is 9.78 Å². The first-order valence-corrected chi connectivity index (χ1v) is 8.22. The van der Waals surface area contributed by atoms with E-state index in [1.165, 1.54) is 24.2 Å². The smallest absolute Gasteiger partial charge is 0.338 e. The van der Waals surface area contributed by atoms with Gasteiger partial charge in [0.1, 0.15) is 5.03 Å². The number of likely N-dealkylation sites (tertiary alicyclic amines) is 1. The van der Waals surface area contributed by atoms with Crippen LogP contribution >= 0.6 is 11.8 Å². The third kappa shape index (κ3) is 3.97. The standard InChI is InChI=1S/C15H20N2O3S/c1-2-11-6-3-4-9-17(11)13(18)10-21-14-12(15(19)20)7-5-8-16-14/h5,7-8,11H,2-4,6,9-10H2,1H3,(H,19,20)/t11-/m1/s1. The Hall–Kier alpha value is -1.56. The Labute approximate surface area is 128 Å². The van der Waals surface area contributed by atoms with Gasteiger partial charge in [-0.05, 0) is 37.8 Å². The minimum Gasteiger partial charge on any atom is -0.478 e. The fraction of sp³-hybridized carbons (Fsp3) is 0.533. The van der Waals surface area contributed by atoms with Gasteiger partial charge in [0.15, 0.2) is 0 Å². The number of piperidine rings is 1. The lowest BCUT2D eigenvalue weighted by atomic mass is 10.0. The Kier molecular flexibility index (Phi) is 5.61. The normalized spacial score (nSPS) is 18.5. The fourth-order valence-corrected chi connectivity index (χ4v) is 3.51. The number of carbonyl (C=O) groups excluding carboxylic acids is 1. The van der Waals surface area contributed by atoms with Crippen LogP contribution in [0.2, 0.25) is 0 Å². The maximum atomic E-state index is 12.4. The third-order valence-corrected chi connectivity index (χ3v) is 4.74. The maximum Gasteiger partial charge on any atom is 0.338 e. The number of rotatable bonds is 5. The highest BCUT2D eigenvalue weighted by atomic mass is 32.2. The lowest BCUT2D eigenvalue weighted by Gasteiger charge is -2.35. The predicted octanol–water partition coefficient (Wildman–Crippen LogP) is 2.66. The molecule has 5 nitrogen and oxygen atoms in total. The molecule has 1 aromatic rings. The monoisotopic (exact) mass is 308 g/mol. The van der Waals surface area contributed by atoms with E-state index < -0.39 is 5.97 Å². The van der Waals surface area contributed by atoms with E-state index in [-0.39, 0.29) is 17.2 Å². The molecular weight excluding hydrogens is 288 g/mol. The number of pyridine rings is 1. The summed E-state index contributed by atoms with van der Waals surface area (Å²) in [7, 11) is 0. The van der Waals surface area contributed by atoms with Crippen LogP contribution < -0.4 is 0 Å². The van der Waals surface area contributed by atoms with E-state index in [1.807, 2.05) is 4.90 Å². The van der Waals surface area contributed by atoms with E-state index in [4.69, 9.17) is 5.11 Å². The van der Waals surface area contributed by atoms with Crippen molar-refractivity contribution in [1.82, 2.24) is 9.88 Å². The van der Waals surface area contributed by atoms with E-state index >= 15 is 0 Å². The molecule has 21 heavy (non-hydrogen) atoms. The molecule has 1 saturated heterocycles. The summed E-state index contributed by atoms with van der Waals surface area (Å²) in [5.41, 5.74) is 0.154. The van der Waals surface area contributed by atoms with Gasteiger partial charge in [-0.15, -0.1) is 0 Å². The maximum absolute atomic E-state index is 12.4. The quantitative estimate of drug-likeness (QED) is 0.847. The van der Waals surface area contributed by atoms with Gasteiger partial charge >= 0.3 is 5.97 Å². The van der Waals surface area contributed by atoms with Crippen molar-refractivity contribution in [2.45, 2.75) is 43.7 Å². The number of aromatic nitrogens is 1. The van der Waals surface area contributed by atoms with Gasteiger partial charge in [-0.1, -0.05) is 18.7 Å². The lowest BCUT2D eigenvalue weighted by molar-refractivity contribution is -0.132. The molecule has 1 atom stereocenters. The molecule has 2 rings (SSSR count). The van der Waals surface area contributed by atoms with Crippen molar-refractivity contribution in [3.63, 3.8) is 0 Å². The number of carbonyl (C=O) groups is 2. The minimum atomic E-state index is -1.01. The second kappa shape index (κ2) is 7.45. The lowest BCUT2D eigenvalue weighted by Crippen LogP contribution is -2.44. The zero-order valence-electron chi connectivity index (χ0n) is 12.1. The van der Waals surface area contributed by atoms with Gasteiger partial charge in [0.05, 0.1) is 11.3 Å². The molecule has 2 heterocycles. The van der Waals surface area contributed by atoms with Gasteiger partial charge in [0.25, 0.3) is 0 Å². The molecule has 0 aromatic carbocycles. The van der Waals surface area contributed by atoms with E-state index in [0.29, 0.717) is 11.1 Å². The molecule has 114 valence electrons. The Morgan fingerprint density at radius 2 is 2.29 bits per heavy atom. The van der Waals surface area contributed by atoms with E-state index in [2.05, 4.69) is 11.9 Å². The van der Waals surface area contributed by atoms with Gasteiger partial charge in [-0.3, -0.25) is 4.79 Å². The van der Waals surface area contributed by atoms with Crippen molar-refractivity contribution < 1.29 is 14.7 Å². The number of thioether (sulfide) groups is 1. The molecule has 6 heteroatoms. The first-order valence-electron chi connectivity index (χ1n) is 7.24. The molecule has 1 aliphatic heterocycles. The summed E-state index contributed by atoms with van der Waals surface area (Å²) in [4.78, 5) is 29.5. The van der Waals surface area contributed by atoms with Crippen LogP contribution in [-0.4, -0.2) is 45.2 Å². The molecule has 0 unspecified atom stereocenters. The SMILES string of the molecule is CC[C@@H]1CCCCN1C(=O)CSc1ncccc1C(=O)O. The zero-order chi connectivity index (χ0) is 15.2. The molecule has 0 bridgehead atoms. The molecule has 1 aromatic heterocycles. The van der Waals surface area contributed by atoms with Gasteiger partial charge < -0.3 is 10.0 Å². The van der Waals surface area contributed by atoms with Crippen LogP contribution in [0.4, 0.5) is 0 Å². The third-order valence-electron chi connectivity index (χ3n) is 3.75. The number of amides is 1. The van der Waals surface area contributed by atoms with Crippen molar-refractivity contribution in [1.29, 1.82) is 0 Å². The Morgan fingerprint density at radius 3 is 3.00 bits per heavy atom. The molecule has 1 fully saturated rings. The van der Waals surface area contributed by atoms with Crippen molar-refractivity contribution in [3.05, 3.63) is 23.9 Å². The predicted molar refractivity (Wildman–Crippen MR) is 81.6 cm³/mol. The molecule has 0 radical (unpaired) electrons. The highest BCUT2D eigenvalue weighted by Crippen LogP contribution is 2.24. The molecule has 0 aliphatic carbocycles. The molecule has 0 spiro atoms. The summed E-state index contributed by atoms with van der Waals surface area (Å²) in [6.45, 7) is 2.91. The number of carboxylic acids is 1. The number of carboxylic acid groups (broad SMARTS) is 1. The molecule has 0 saturated carbocycles. The highest BCUT2D eigenvalue weighted by molar-refractivity contribution is 8.00. The Morgan fingerprint density at radius 1 is 1.48 bits per heavy atom. The van der Waals surface area contributed by atoms with Crippen molar-refractivity contribution in [3.8, 4) is 0 Å². The van der Waals surface area contributed by atoms with Crippen LogP contribution in [0.25, 0.3) is 0 Å². The summed E-state index contributed by atoms with van der Waals surface area (Å²) in [5, 5.41) is 9.52. The van der Waals surface area contributed by atoms with Crippen LogP contribution in [-0.2, 0) is 4.79 Å². The fourth-order valence-electron chi connectivity index (χ4n) is 2.63. The summed E-state index contributed by atoms with van der Waals surface area (Å²) < 4.78 is 0. The summed E-state index contributed by atoms with van der Waals surface area (Å²) in [5.74, 6) is -0.690. The Bertz CT molecular complexity index is 521. The summed E-state index contributed by atoms with van der Waals surface area (Å²) >= 11 is 1.21. The minimum absolute atomic E-state index is 0.0774. The largest absolute Gasteiger partial charge is 0.478 e. The highest BCUT2D eigenvalue weighted by Gasteiger charge is 2.25. The first kappa shape index (κ1) is 15.8. The van der Waals surface area contributed by atoms with Crippen LogP contribution in [0.15, 0.2) is 23.4 Å². The van der Waals surface area contributed by atoms with E-state index in [0.717, 1.165) is 25.8 Å². The number of hydrogen-bond acceptors (Lipinski definition) is 4. The van der Waals surface area contributed by atoms with Crippen LogP contribution in [0.1, 0.15) is 43.0 Å².